The van der Waals surface area contributed by atoms with Gasteiger partial charge in [0.15, 0.2) is 0 Å². The van der Waals surface area contributed by atoms with E-state index in [4.69, 9.17) is 9.72 Å². The second-order valence-corrected chi connectivity index (χ2v) is 6.06. The van der Waals surface area contributed by atoms with Crippen LogP contribution in [-0.2, 0) is 17.7 Å². The summed E-state index contributed by atoms with van der Waals surface area (Å²) in [6.45, 7) is 12.3. The lowest BCUT2D eigenvalue weighted by Crippen LogP contribution is -2.42. The first kappa shape index (κ1) is 16.2. The number of hydrogen-bond donors (Lipinski definition) is 1. The topological polar surface area (TPSA) is 37.4 Å². The van der Waals surface area contributed by atoms with Gasteiger partial charge >= 0.3 is 0 Å². The summed E-state index contributed by atoms with van der Waals surface area (Å²) in [6.07, 6.45) is 2.37. The molecule has 4 nitrogen and oxygen atoms in total. The van der Waals surface area contributed by atoms with Gasteiger partial charge in [-0.25, -0.2) is 4.98 Å². The number of nitrogens with one attached hydrogen (secondary N) is 1. The average Bonchev–Trinajstić information content (AvgIpc) is 2.52. The molecule has 1 aliphatic heterocycles. The van der Waals surface area contributed by atoms with Gasteiger partial charge in [0, 0.05) is 31.4 Å². The molecule has 0 radical (unpaired) electrons. The van der Waals surface area contributed by atoms with Crippen LogP contribution in [0.15, 0.2) is 12.1 Å². The Morgan fingerprint density at radius 3 is 2.86 bits per heavy atom. The SMILES string of the molecule is CCc1cc(CNC(C)C)cc(N2CCOC(CC)C2)n1. The van der Waals surface area contributed by atoms with E-state index >= 15 is 0 Å². The zero-order valence-corrected chi connectivity index (χ0v) is 13.9. The number of aromatic nitrogens is 1. The first-order valence-corrected chi connectivity index (χ1v) is 8.22. The van der Waals surface area contributed by atoms with Crippen LogP contribution in [0.5, 0.6) is 0 Å². The Morgan fingerprint density at radius 1 is 1.38 bits per heavy atom. The molecule has 1 aliphatic rings. The number of pyridine rings is 1. The monoisotopic (exact) mass is 291 g/mol. The van der Waals surface area contributed by atoms with Gasteiger partial charge in [-0.1, -0.05) is 27.7 Å². The van der Waals surface area contributed by atoms with E-state index in [0.717, 1.165) is 44.9 Å². The molecule has 0 aliphatic carbocycles. The zero-order chi connectivity index (χ0) is 15.2. The molecule has 0 aromatic carbocycles. The van der Waals surface area contributed by atoms with Crippen LogP contribution < -0.4 is 10.2 Å². The fraction of sp³-hybridized carbons (Fsp3) is 0.706. The maximum Gasteiger partial charge on any atom is 0.129 e. The minimum Gasteiger partial charge on any atom is -0.375 e. The highest BCUT2D eigenvalue weighted by atomic mass is 16.5. The summed E-state index contributed by atoms with van der Waals surface area (Å²) < 4.78 is 5.76. The summed E-state index contributed by atoms with van der Waals surface area (Å²) in [5.74, 6) is 1.11. The third-order valence-corrected chi connectivity index (χ3v) is 3.92. The molecule has 1 aromatic heterocycles. The van der Waals surface area contributed by atoms with Crippen molar-refractivity contribution in [3.63, 3.8) is 0 Å². The Balaban J connectivity index is 2.15. The molecule has 4 heteroatoms. The highest BCUT2D eigenvalue weighted by molar-refractivity contribution is 5.43. The van der Waals surface area contributed by atoms with Crippen LogP contribution in [-0.4, -0.2) is 36.8 Å². The molecule has 21 heavy (non-hydrogen) atoms. The number of nitrogens with zero attached hydrogens (tertiary/aromatic N) is 2. The average molecular weight is 291 g/mol. The third-order valence-electron chi connectivity index (χ3n) is 3.92. The van der Waals surface area contributed by atoms with E-state index in [1.165, 1.54) is 11.3 Å². The van der Waals surface area contributed by atoms with E-state index in [1.807, 2.05) is 0 Å². The number of morpholine rings is 1. The van der Waals surface area contributed by atoms with E-state index in [-0.39, 0.29) is 0 Å². The first-order valence-electron chi connectivity index (χ1n) is 8.22. The van der Waals surface area contributed by atoms with Gasteiger partial charge in [-0.05, 0) is 30.5 Å². The summed E-state index contributed by atoms with van der Waals surface area (Å²) in [5, 5.41) is 3.49. The summed E-state index contributed by atoms with van der Waals surface area (Å²) in [4.78, 5) is 7.18. The Kier molecular flexibility index (Phi) is 6.00. The third kappa shape index (κ3) is 4.68. The number of anilines is 1. The fourth-order valence-electron chi connectivity index (χ4n) is 2.57. The lowest BCUT2D eigenvalue weighted by molar-refractivity contribution is 0.0381. The largest absolute Gasteiger partial charge is 0.375 e. The molecule has 0 saturated carbocycles. The van der Waals surface area contributed by atoms with Gasteiger partial charge in [-0.15, -0.1) is 0 Å². The van der Waals surface area contributed by atoms with Crippen LogP contribution >= 0.6 is 0 Å². The van der Waals surface area contributed by atoms with Crippen molar-refractivity contribution in [1.82, 2.24) is 10.3 Å². The van der Waals surface area contributed by atoms with E-state index in [9.17, 15) is 0 Å². The van der Waals surface area contributed by atoms with Crippen molar-refractivity contribution < 1.29 is 4.74 Å². The second-order valence-electron chi connectivity index (χ2n) is 6.06. The quantitative estimate of drug-likeness (QED) is 0.874. The van der Waals surface area contributed by atoms with Gasteiger partial charge in [0.1, 0.15) is 5.82 Å². The lowest BCUT2D eigenvalue weighted by atomic mass is 10.1. The summed E-state index contributed by atoms with van der Waals surface area (Å²) in [7, 11) is 0. The smallest absolute Gasteiger partial charge is 0.129 e. The molecule has 1 atom stereocenters. The standard InChI is InChI=1S/C17H29N3O/c1-5-15-9-14(11-18-13(3)4)10-17(19-15)20-7-8-21-16(6-2)12-20/h9-10,13,16,18H,5-8,11-12H2,1-4H3. The molecule has 2 rings (SSSR count). The van der Waals surface area contributed by atoms with Gasteiger partial charge in [0.05, 0.1) is 12.7 Å². The van der Waals surface area contributed by atoms with E-state index in [2.05, 4.69) is 50.0 Å². The minimum absolute atomic E-state index is 0.336. The molecule has 2 heterocycles. The van der Waals surface area contributed by atoms with Crippen molar-refractivity contribution in [3.8, 4) is 0 Å². The maximum atomic E-state index is 5.76. The van der Waals surface area contributed by atoms with Crippen LogP contribution in [0.25, 0.3) is 0 Å². The molecule has 1 aromatic rings. The minimum atomic E-state index is 0.336. The van der Waals surface area contributed by atoms with Crippen molar-refractivity contribution in [1.29, 1.82) is 0 Å². The van der Waals surface area contributed by atoms with Gasteiger partial charge in [-0.2, -0.15) is 0 Å². The number of aryl methyl sites for hydroxylation is 1. The van der Waals surface area contributed by atoms with E-state index in [0.29, 0.717) is 12.1 Å². The van der Waals surface area contributed by atoms with Crippen LogP contribution in [0.3, 0.4) is 0 Å². The maximum absolute atomic E-state index is 5.76. The molecule has 0 bridgehead atoms. The van der Waals surface area contributed by atoms with Gasteiger partial charge < -0.3 is 15.0 Å². The molecule has 1 N–H and O–H groups in total. The van der Waals surface area contributed by atoms with Gasteiger partial charge in [-0.3, -0.25) is 0 Å². The van der Waals surface area contributed by atoms with Crippen LogP contribution in [0, 0.1) is 0 Å². The fourth-order valence-corrected chi connectivity index (χ4v) is 2.57. The number of hydrogen-bond acceptors (Lipinski definition) is 4. The van der Waals surface area contributed by atoms with Gasteiger partial charge in [0.2, 0.25) is 0 Å². The molecular weight excluding hydrogens is 262 g/mol. The second kappa shape index (κ2) is 7.76. The Morgan fingerprint density at radius 2 is 2.19 bits per heavy atom. The molecule has 1 fully saturated rings. The summed E-state index contributed by atoms with van der Waals surface area (Å²) in [6, 6.07) is 4.95. The normalized spacial score (nSPS) is 19.3. The first-order chi connectivity index (χ1) is 10.1. The number of ether oxygens (including phenoxy) is 1. The van der Waals surface area contributed by atoms with Crippen molar-refractivity contribution in [2.24, 2.45) is 0 Å². The van der Waals surface area contributed by atoms with Crippen LogP contribution in [0.4, 0.5) is 5.82 Å². The van der Waals surface area contributed by atoms with Gasteiger partial charge in [0.25, 0.3) is 0 Å². The van der Waals surface area contributed by atoms with Crippen LogP contribution in [0.2, 0.25) is 0 Å². The molecule has 0 amide bonds. The molecule has 0 spiro atoms. The highest BCUT2D eigenvalue weighted by Crippen LogP contribution is 2.19. The highest BCUT2D eigenvalue weighted by Gasteiger charge is 2.20. The molecule has 1 saturated heterocycles. The van der Waals surface area contributed by atoms with E-state index < -0.39 is 0 Å². The Bertz CT molecular complexity index is 448. The van der Waals surface area contributed by atoms with Crippen molar-refractivity contribution in [2.45, 2.75) is 59.2 Å². The molecule has 1 unspecified atom stereocenters. The summed E-state index contributed by atoms with van der Waals surface area (Å²) in [5.41, 5.74) is 2.50. The predicted molar refractivity (Wildman–Crippen MR) is 87.8 cm³/mol. The van der Waals surface area contributed by atoms with Crippen molar-refractivity contribution in [3.05, 3.63) is 23.4 Å². The van der Waals surface area contributed by atoms with Crippen molar-refractivity contribution in [2.75, 3.05) is 24.6 Å². The Labute approximate surface area is 128 Å². The zero-order valence-electron chi connectivity index (χ0n) is 13.9. The molecule has 118 valence electrons. The van der Waals surface area contributed by atoms with Crippen LogP contribution in [0.1, 0.15) is 45.4 Å². The lowest BCUT2D eigenvalue weighted by Gasteiger charge is -2.33. The van der Waals surface area contributed by atoms with Crippen molar-refractivity contribution >= 4 is 5.82 Å². The summed E-state index contributed by atoms with van der Waals surface area (Å²) >= 11 is 0. The number of rotatable bonds is 6. The Hall–Kier alpha value is -1.13. The molecular formula is C17H29N3O. The predicted octanol–water partition coefficient (Wildman–Crippen LogP) is 2.76. The van der Waals surface area contributed by atoms with E-state index in [1.54, 1.807) is 0 Å².